The van der Waals surface area contributed by atoms with E-state index in [0.717, 1.165) is 10.2 Å². The van der Waals surface area contributed by atoms with E-state index in [1.54, 1.807) is 26.4 Å². The number of hydrogen-bond acceptors (Lipinski definition) is 5. The lowest BCUT2D eigenvalue weighted by Gasteiger charge is -2.07. The van der Waals surface area contributed by atoms with Gasteiger partial charge < -0.3 is 18.8 Å². The number of carbonyl (C=O) groups is 1. The van der Waals surface area contributed by atoms with Gasteiger partial charge in [0.1, 0.15) is 5.75 Å². The average Bonchev–Trinajstić information content (AvgIpc) is 2.94. The van der Waals surface area contributed by atoms with E-state index in [1.807, 2.05) is 41.9 Å². The third-order valence-electron chi connectivity index (χ3n) is 3.64. The molecule has 7 heteroatoms. The molecule has 25 heavy (non-hydrogen) atoms. The molecular weight excluding hydrogens is 340 g/mol. The standard InChI is InChI=1S/C18H18N2O4S/c1-20-13-9-14(22-2)15(23-3)10-16(13)25-18(20)19-17(21)11-24-12-7-5-4-6-8-12/h4-10H,11H2,1-3H3. The summed E-state index contributed by atoms with van der Waals surface area (Å²) in [6, 6.07) is 12.9. The molecule has 0 saturated heterocycles. The summed E-state index contributed by atoms with van der Waals surface area (Å²) >= 11 is 1.41. The molecule has 0 aliphatic rings. The average molecular weight is 358 g/mol. The maximum Gasteiger partial charge on any atom is 0.286 e. The zero-order valence-corrected chi connectivity index (χ0v) is 15.0. The minimum Gasteiger partial charge on any atom is -0.493 e. The highest BCUT2D eigenvalue weighted by molar-refractivity contribution is 7.16. The topological polar surface area (TPSA) is 62.0 Å². The normalized spacial score (nSPS) is 11.6. The number of amides is 1. The number of ether oxygens (including phenoxy) is 3. The van der Waals surface area contributed by atoms with E-state index < -0.39 is 0 Å². The van der Waals surface area contributed by atoms with E-state index >= 15 is 0 Å². The van der Waals surface area contributed by atoms with Crippen LogP contribution in [-0.4, -0.2) is 31.3 Å². The minimum atomic E-state index is -0.343. The lowest BCUT2D eigenvalue weighted by atomic mass is 10.3. The number of aryl methyl sites for hydroxylation is 1. The third-order valence-corrected chi connectivity index (χ3v) is 4.74. The van der Waals surface area contributed by atoms with Gasteiger partial charge in [-0.25, -0.2) is 0 Å². The van der Waals surface area contributed by atoms with Crippen LogP contribution in [0.3, 0.4) is 0 Å². The highest BCUT2D eigenvalue weighted by Gasteiger charge is 2.11. The predicted octanol–water partition coefficient (Wildman–Crippen LogP) is 2.76. The molecule has 0 atom stereocenters. The Labute approximate surface area is 148 Å². The Morgan fingerprint density at radius 1 is 1.12 bits per heavy atom. The molecule has 1 amide bonds. The third kappa shape index (κ3) is 3.66. The van der Waals surface area contributed by atoms with Gasteiger partial charge in [-0.05, 0) is 12.1 Å². The van der Waals surface area contributed by atoms with Crippen molar-refractivity contribution in [1.82, 2.24) is 4.57 Å². The van der Waals surface area contributed by atoms with Crippen LogP contribution < -0.4 is 19.0 Å². The molecule has 3 rings (SSSR count). The number of para-hydroxylation sites is 1. The number of hydrogen-bond donors (Lipinski definition) is 0. The highest BCUT2D eigenvalue weighted by atomic mass is 32.1. The zero-order chi connectivity index (χ0) is 17.8. The Hall–Kier alpha value is -2.80. The number of carbonyl (C=O) groups excluding carboxylic acids is 1. The number of nitrogens with zero attached hydrogens (tertiary/aromatic N) is 2. The summed E-state index contributed by atoms with van der Waals surface area (Å²) in [5, 5.41) is 0. The van der Waals surface area contributed by atoms with Crippen LogP contribution >= 0.6 is 11.3 Å². The lowest BCUT2D eigenvalue weighted by Crippen LogP contribution is -2.17. The fraction of sp³-hybridized carbons (Fsp3) is 0.222. The molecule has 0 bridgehead atoms. The molecule has 0 aliphatic carbocycles. The molecule has 0 fully saturated rings. The van der Waals surface area contributed by atoms with E-state index in [1.165, 1.54) is 11.3 Å². The molecular formula is C18H18N2O4S. The van der Waals surface area contributed by atoms with E-state index in [9.17, 15) is 4.79 Å². The molecule has 1 heterocycles. The second kappa shape index (κ2) is 7.40. The van der Waals surface area contributed by atoms with Gasteiger partial charge in [-0.1, -0.05) is 29.5 Å². The van der Waals surface area contributed by atoms with Crippen LogP contribution in [0.5, 0.6) is 17.2 Å². The molecule has 0 unspecified atom stereocenters. The summed E-state index contributed by atoms with van der Waals surface area (Å²) in [6.45, 7) is -0.106. The van der Waals surface area contributed by atoms with Crippen molar-refractivity contribution >= 4 is 27.5 Å². The Morgan fingerprint density at radius 2 is 1.80 bits per heavy atom. The van der Waals surface area contributed by atoms with Crippen molar-refractivity contribution in [2.45, 2.75) is 0 Å². The van der Waals surface area contributed by atoms with Crippen molar-refractivity contribution < 1.29 is 19.0 Å². The van der Waals surface area contributed by atoms with Crippen molar-refractivity contribution in [2.24, 2.45) is 12.0 Å². The van der Waals surface area contributed by atoms with Gasteiger partial charge in [0.05, 0.1) is 24.4 Å². The Morgan fingerprint density at radius 3 is 2.48 bits per heavy atom. The van der Waals surface area contributed by atoms with Gasteiger partial charge in [0.2, 0.25) is 0 Å². The molecule has 2 aromatic carbocycles. The van der Waals surface area contributed by atoms with E-state index in [2.05, 4.69) is 4.99 Å². The monoisotopic (exact) mass is 358 g/mol. The molecule has 130 valence electrons. The van der Waals surface area contributed by atoms with Crippen LogP contribution in [0.1, 0.15) is 0 Å². The first kappa shape index (κ1) is 17.0. The molecule has 0 N–H and O–H groups in total. The van der Waals surface area contributed by atoms with Gasteiger partial charge in [-0.15, -0.1) is 0 Å². The SMILES string of the molecule is COc1cc2sc(=NC(=O)COc3ccccc3)n(C)c2cc1OC. The number of methoxy groups -OCH3 is 2. The molecule has 6 nitrogen and oxygen atoms in total. The molecule has 1 aromatic heterocycles. The maximum absolute atomic E-state index is 12.1. The maximum atomic E-state index is 12.1. The molecule has 0 spiro atoms. The van der Waals surface area contributed by atoms with Gasteiger partial charge in [0.15, 0.2) is 22.9 Å². The summed E-state index contributed by atoms with van der Waals surface area (Å²) in [6.07, 6.45) is 0. The second-order valence-electron chi connectivity index (χ2n) is 5.23. The molecule has 0 aliphatic heterocycles. The van der Waals surface area contributed by atoms with Crippen LogP contribution in [-0.2, 0) is 11.8 Å². The fourth-order valence-corrected chi connectivity index (χ4v) is 3.41. The second-order valence-corrected chi connectivity index (χ2v) is 6.23. The largest absolute Gasteiger partial charge is 0.493 e. The Balaban J connectivity index is 1.88. The highest BCUT2D eigenvalue weighted by Crippen LogP contribution is 2.32. The first-order valence-corrected chi connectivity index (χ1v) is 8.41. The summed E-state index contributed by atoms with van der Waals surface area (Å²) < 4.78 is 18.9. The van der Waals surface area contributed by atoms with Crippen LogP contribution in [0.4, 0.5) is 0 Å². The van der Waals surface area contributed by atoms with Crippen LogP contribution in [0.25, 0.3) is 10.2 Å². The van der Waals surface area contributed by atoms with Gasteiger partial charge in [-0.2, -0.15) is 4.99 Å². The first-order valence-electron chi connectivity index (χ1n) is 7.59. The van der Waals surface area contributed by atoms with Crippen LogP contribution in [0, 0.1) is 0 Å². The number of thiazole rings is 1. The van der Waals surface area contributed by atoms with Crippen LogP contribution in [0.15, 0.2) is 47.5 Å². The van der Waals surface area contributed by atoms with Crippen LogP contribution in [0.2, 0.25) is 0 Å². The van der Waals surface area contributed by atoms with Crippen molar-refractivity contribution in [1.29, 1.82) is 0 Å². The first-order chi connectivity index (χ1) is 12.1. The van der Waals surface area contributed by atoms with Crippen molar-refractivity contribution in [3.8, 4) is 17.2 Å². The summed E-state index contributed by atoms with van der Waals surface area (Å²) in [5.41, 5.74) is 0.915. The zero-order valence-electron chi connectivity index (χ0n) is 14.2. The van der Waals surface area contributed by atoms with Gasteiger partial charge in [0.25, 0.3) is 5.91 Å². The lowest BCUT2D eigenvalue weighted by molar-refractivity contribution is -0.120. The van der Waals surface area contributed by atoms with E-state index in [4.69, 9.17) is 14.2 Å². The fourth-order valence-electron chi connectivity index (χ4n) is 2.36. The Bertz CT molecular complexity index is 960. The van der Waals surface area contributed by atoms with E-state index in [-0.39, 0.29) is 12.5 Å². The number of aromatic nitrogens is 1. The van der Waals surface area contributed by atoms with Gasteiger partial charge in [0, 0.05) is 19.2 Å². The Kier molecular flexibility index (Phi) is 5.04. The number of benzene rings is 2. The van der Waals surface area contributed by atoms with Crippen molar-refractivity contribution in [3.63, 3.8) is 0 Å². The van der Waals surface area contributed by atoms with Crippen molar-refractivity contribution in [2.75, 3.05) is 20.8 Å². The summed E-state index contributed by atoms with van der Waals surface area (Å²) in [5.74, 6) is 1.57. The molecule has 0 radical (unpaired) electrons. The van der Waals surface area contributed by atoms with Crippen molar-refractivity contribution in [3.05, 3.63) is 47.3 Å². The van der Waals surface area contributed by atoms with Gasteiger partial charge >= 0.3 is 0 Å². The summed E-state index contributed by atoms with van der Waals surface area (Å²) in [4.78, 5) is 16.9. The summed E-state index contributed by atoms with van der Waals surface area (Å²) in [7, 11) is 5.04. The molecule has 0 saturated carbocycles. The minimum absolute atomic E-state index is 0.106. The predicted molar refractivity (Wildman–Crippen MR) is 96.4 cm³/mol. The quantitative estimate of drug-likeness (QED) is 0.704. The van der Waals surface area contributed by atoms with E-state index in [0.29, 0.717) is 22.0 Å². The van der Waals surface area contributed by atoms with Gasteiger partial charge in [-0.3, -0.25) is 4.79 Å². The molecule has 3 aromatic rings. The number of rotatable bonds is 5. The smallest absolute Gasteiger partial charge is 0.286 e. The number of fused-ring (bicyclic) bond motifs is 1.